The number of amides is 2. The van der Waals surface area contributed by atoms with Crippen molar-refractivity contribution in [3.63, 3.8) is 0 Å². The van der Waals surface area contributed by atoms with E-state index < -0.39 is 11.8 Å². The van der Waals surface area contributed by atoms with Crippen molar-refractivity contribution in [2.75, 3.05) is 13.1 Å². The third-order valence-corrected chi connectivity index (χ3v) is 3.41. The summed E-state index contributed by atoms with van der Waals surface area (Å²) in [5.74, 6) is -0.894. The molecule has 0 radical (unpaired) electrons. The number of nitrogens with one attached hydrogen (secondary N) is 1. The first-order chi connectivity index (χ1) is 9.16. The van der Waals surface area contributed by atoms with E-state index in [4.69, 9.17) is 0 Å². The molecule has 0 unspecified atom stereocenters. The molecule has 1 aromatic rings. The highest BCUT2D eigenvalue weighted by Gasteiger charge is 2.22. The molecule has 2 rings (SSSR count). The van der Waals surface area contributed by atoms with Crippen LogP contribution in [0.1, 0.15) is 30.4 Å². The number of carbonyl (C=O) groups is 2. The smallest absolute Gasteiger partial charge is 0.311 e. The molecule has 4 heteroatoms. The van der Waals surface area contributed by atoms with Gasteiger partial charge >= 0.3 is 11.8 Å². The number of likely N-dealkylation sites (tertiary alicyclic amines) is 1. The van der Waals surface area contributed by atoms with Gasteiger partial charge in [0.25, 0.3) is 0 Å². The van der Waals surface area contributed by atoms with Gasteiger partial charge in [0.05, 0.1) is 0 Å². The highest BCUT2D eigenvalue weighted by molar-refractivity contribution is 6.34. The molecule has 1 aromatic carbocycles. The van der Waals surface area contributed by atoms with E-state index in [1.54, 1.807) is 4.90 Å². The zero-order valence-electron chi connectivity index (χ0n) is 11.3. The van der Waals surface area contributed by atoms with Crippen molar-refractivity contribution in [1.82, 2.24) is 10.2 Å². The summed E-state index contributed by atoms with van der Waals surface area (Å²) in [7, 11) is 0. The summed E-state index contributed by atoms with van der Waals surface area (Å²) < 4.78 is 0. The molecule has 1 N–H and O–H groups in total. The molecule has 1 heterocycles. The molecule has 1 aliphatic heterocycles. The minimum absolute atomic E-state index is 0.396. The summed E-state index contributed by atoms with van der Waals surface area (Å²) in [5, 5.41) is 2.69. The van der Waals surface area contributed by atoms with Crippen molar-refractivity contribution in [2.45, 2.75) is 32.7 Å². The number of hydrogen-bond acceptors (Lipinski definition) is 2. The molecule has 4 nitrogen and oxygen atoms in total. The van der Waals surface area contributed by atoms with Gasteiger partial charge in [-0.05, 0) is 31.7 Å². The summed E-state index contributed by atoms with van der Waals surface area (Å²) in [4.78, 5) is 25.3. The van der Waals surface area contributed by atoms with Gasteiger partial charge in [-0.25, -0.2) is 0 Å². The lowest BCUT2D eigenvalue weighted by Gasteiger charge is -2.25. The largest absolute Gasteiger partial charge is 0.344 e. The van der Waals surface area contributed by atoms with Crippen LogP contribution in [0, 0.1) is 6.92 Å². The number of rotatable bonds is 2. The van der Waals surface area contributed by atoms with Gasteiger partial charge in [-0.3, -0.25) is 9.59 Å². The Morgan fingerprint density at radius 2 is 1.74 bits per heavy atom. The maximum absolute atomic E-state index is 11.9. The Balaban J connectivity index is 1.83. The van der Waals surface area contributed by atoms with Crippen molar-refractivity contribution in [3.05, 3.63) is 35.4 Å². The molecule has 0 atom stereocenters. The van der Waals surface area contributed by atoms with Crippen LogP contribution in [0.15, 0.2) is 24.3 Å². The zero-order chi connectivity index (χ0) is 13.7. The standard InChI is InChI=1S/C15H20N2O2/c1-12-5-7-13(8-6-12)11-16-14(18)15(19)17-9-3-2-4-10-17/h5-8H,2-4,9-11H2,1H3,(H,16,18). The summed E-state index contributed by atoms with van der Waals surface area (Å²) in [6.45, 7) is 3.83. The molecule has 1 fully saturated rings. The first-order valence-corrected chi connectivity index (χ1v) is 6.79. The minimum Gasteiger partial charge on any atom is -0.344 e. The van der Waals surface area contributed by atoms with Gasteiger partial charge < -0.3 is 10.2 Å². The predicted octanol–water partition coefficient (Wildman–Crippen LogP) is 1.62. The van der Waals surface area contributed by atoms with Crippen LogP contribution in [0.25, 0.3) is 0 Å². The second-order valence-corrected chi connectivity index (χ2v) is 5.02. The summed E-state index contributed by atoms with van der Waals surface area (Å²) in [5.41, 5.74) is 2.19. The Labute approximate surface area is 113 Å². The van der Waals surface area contributed by atoms with Crippen LogP contribution >= 0.6 is 0 Å². The van der Waals surface area contributed by atoms with Crippen LogP contribution in [0.3, 0.4) is 0 Å². The molecule has 0 aromatic heterocycles. The Morgan fingerprint density at radius 1 is 1.11 bits per heavy atom. The van der Waals surface area contributed by atoms with Crippen LogP contribution in [-0.2, 0) is 16.1 Å². The molecule has 0 spiro atoms. The van der Waals surface area contributed by atoms with Crippen LogP contribution in [-0.4, -0.2) is 29.8 Å². The fourth-order valence-corrected chi connectivity index (χ4v) is 2.20. The van der Waals surface area contributed by atoms with Gasteiger partial charge in [-0.2, -0.15) is 0 Å². The maximum atomic E-state index is 11.9. The molecule has 2 amide bonds. The van der Waals surface area contributed by atoms with Crippen LogP contribution in [0.2, 0.25) is 0 Å². The van der Waals surface area contributed by atoms with E-state index >= 15 is 0 Å². The molecular weight excluding hydrogens is 240 g/mol. The van der Waals surface area contributed by atoms with Crippen molar-refractivity contribution >= 4 is 11.8 Å². The first kappa shape index (κ1) is 13.6. The first-order valence-electron chi connectivity index (χ1n) is 6.79. The van der Waals surface area contributed by atoms with Gasteiger partial charge in [-0.1, -0.05) is 29.8 Å². The van der Waals surface area contributed by atoms with Gasteiger partial charge in [0.1, 0.15) is 0 Å². The summed E-state index contributed by atoms with van der Waals surface area (Å²) in [6, 6.07) is 7.91. The number of aryl methyl sites for hydroxylation is 1. The Morgan fingerprint density at radius 3 is 2.37 bits per heavy atom. The number of carbonyl (C=O) groups excluding carboxylic acids is 2. The van der Waals surface area contributed by atoms with Crippen LogP contribution in [0.4, 0.5) is 0 Å². The number of hydrogen-bond donors (Lipinski definition) is 1. The molecule has 19 heavy (non-hydrogen) atoms. The second-order valence-electron chi connectivity index (χ2n) is 5.02. The predicted molar refractivity (Wildman–Crippen MR) is 73.5 cm³/mol. The lowest BCUT2D eigenvalue weighted by molar-refractivity contribution is -0.146. The SMILES string of the molecule is Cc1ccc(CNC(=O)C(=O)N2CCCCC2)cc1. The Kier molecular flexibility index (Phi) is 4.55. The topological polar surface area (TPSA) is 49.4 Å². The molecule has 0 bridgehead atoms. The lowest BCUT2D eigenvalue weighted by Crippen LogP contribution is -2.44. The average Bonchev–Trinajstić information content (AvgIpc) is 2.46. The molecule has 1 aliphatic rings. The quantitative estimate of drug-likeness (QED) is 0.822. The van der Waals surface area contributed by atoms with Crippen LogP contribution in [0.5, 0.6) is 0 Å². The third-order valence-electron chi connectivity index (χ3n) is 3.41. The highest BCUT2D eigenvalue weighted by atomic mass is 16.2. The lowest BCUT2D eigenvalue weighted by atomic mass is 10.1. The average molecular weight is 260 g/mol. The van der Waals surface area contributed by atoms with Gasteiger partial charge in [0, 0.05) is 19.6 Å². The number of piperidine rings is 1. The van der Waals surface area contributed by atoms with E-state index in [-0.39, 0.29) is 0 Å². The normalized spacial score (nSPS) is 15.1. The van der Waals surface area contributed by atoms with Gasteiger partial charge in [0.15, 0.2) is 0 Å². The minimum atomic E-state index is -0.498. The van der Waals surface area contributed by atoms with E-state index in [1.807, 2.05) is 31.2 Å². The molecular formula is C15H20N2O2. The van der Waals surface area contributed by atoms with E-state index in [0.717, 1.165) is 24.8 Å². The van der Waals surface area contributed by atoms with Crippen LogP contribution < -0.4 is 5.32 Å². The van der Waals surface area contributed by atoms with E-state index in [1.165, 1.54) is 5.56 Å². The van der Waals surface area contributed by atoms with Gasteiger partial charge in [-0.15, -0.1) is 0 Å². The van der Waals surface area contributed by atoms with E-state index in [2.05, 4.69) is 5.32 Å². The monoisotopic (exact) mass is 260 g/mol. The highest BCUT2D eigenvalue weighted by Crippen LogP contribution is 2.08. The number of nitrogens with zero attached hydrogens (tertiary/aromatic N) is 1. The number of benzene rings is 1. The van der Waals surface area contributed by atoms with Crippen molar-refractivity contribution in [3.8, 4) is 0 Å². The van der Waals surface area contributed by atoms with E-state index in [9.17, 15) is 9.59 Å². The Bertz CT molecular complexity index is 448. The summed E-state index contributed by atoms with van der Waals surface area (Å²) >= 11 is 0. The van der Waals surface area contributed by atoms with Crippen molar-refractivity contribution in [2.24, 2.45) is 0 Å². The fraction of sp³-hybridized carbons (Fsp3) is 0.467. The van der Waals surface area contributed by atoms with Gasteiger partial charge in [0.2, 0.25) is 0 Å². The maximum Gasteiger partial charge on any atom is 0.311 e. The third kappa shape index (κ3) is 3.81. The summed E-state index contributed by atoms with van der Waals surface area (Å²) in [6.07, 6.45) is 3.14. The van der Waals surface area contributed by atoms with Crippen molar-refractivity contribution in [1.29, 1.82) is 0 Å². The Hall–Kier alpha value is -1.84. The molecule has 0 aliphatic carbocycles. The zero-order valence-corrected chi connectivity index (χ0v) is 11.3. The molecule has 102 valence electrons. The molecule has 1 saturated heterocycles. The van der Waals surface area contributed by atoms with Crippen molar-refractivity contribution < 1.29 is 9.59 Å². The van der Waals surface area contributed by atoms with E-state index in [0.29, 0.717) is 19.6 Å². The second kappa shape index (κ2) is 6.36. The fourth-order valence-electron chi connectivity index (χ4n) is 2.20. The molecule has 0 saturated carbocycles.